The first-order valence-corrected chi connectivity index (χ1v) is 13.9. The molecule has 7 nitrogen and oxygen atoms in total. The molecule has 0 saturated carbocycles. The van der Waals surface area contributed by atoms with Gasteiger partial charge in [0.1, 0.15) is 6.54 Å². The number of pyridine rings is 1. The van der Waals surface area contributed by atoms with Gasteiger partial charge in [0.15, 0.2) is 0 Å². The summed E-state index contributed by atoms with van der Waals surface area (Å²) in [7, 11) is 0. The summed E-state index contributed by atoms with van der Waals surface area (Å²) < 4.78 is 2.04. The van der Waals surface area contributed by atoms with Crippen molar-refractivity contribution < 1.29 is 9.59 Å². The number of hydrogen-bond donors (Lipinski definition) is 0. The lowest BCUT2D eigenvalue weighted by Crippen LogP contribution is -2.45. The molecule has 2 aliphatic rings. The van der Waals surface area contributed by atoms with Crippen LogP contribution in [-0.2, 0) is 29.2 Å². The lowest BCUT2D eigenvalue weighted by Gasteiger charge is -2.34. The summed E-state index contributed by atoms with van der Waals surface area (Å²) in [4.78, 5) is 37.7. The maximum absolute atomic E-state index is 14.0. The van der Waals surface area contributed by atoms with E-state index in [1.54, 1.807) is 13.1 Å². The van der Waals surface area contributed by atoms with Gasteiger partial charge in [-0.05, 0) is 60.0 Å². The van der Waals surface area contributed by atoms with Gasteiger partial charge in [-0.25, -0.2) is 0 Å². The van der Waals surface area contributed by atoms with Crippen LogP contribution in [-0.4, -0.2) is 56.3 Å². The summed E-state index contributed by atoms with van der Waals surface area (Å²) in [5, 5.41) is 1.13. The van der Waals surface area contributed by atoms with Gasteiger partial charge in [-0.15, -0.1) is 0 Å². The Morgan fingerprint density at radius 3 is 2.59 bits per heavy atom. The van der Waals surface area contributed by atoms with E-state index in [0.29, 0.717) is 25.7 Å². The van der Waals surface area contributed by atoms with Gasteiger partial charge < -0.3 is 14.4 Å². The van der Waals surface area contributed by atoms with Crippen LogP contribution in [0.2, 0.25) is 0 Å². The van der Waals surface area contributed by atoms with Crippen molar-refractivity contribution >= 4 is 28.4 Å². The Morgan fingerprint density at radius 2 is 1.74 bits per heavy atom. The van der Waals surface area contributed by atoms with E-state index < -0.39 is 0 Å². The number of carbonyl (C=O) groups excluding carboxylic acids is 2. The predicted molar refractivity (Wildman–Crippen MR) is 153 cm³/mol. The minimum absolute atomic E-state index is 0.0340. The van der Waals surface area contributed by atoms with Crippen LogP contribution in [0.25, 0.3) is 10.9 Å². The van der Waals surface area contributed by atoms with E-state index in [0.717, 1.165) is 48.0 Å². The van der Waals surface area contributed by atoms with Crippen LogP contribution in [0, 0.1) is 0 Å². The van der Waals surface area contributed by atoms with Crippen LogP contribution in [0.5, 0.6) is 0 Å². The molecule has 0 N–H and O–H groups in total. The first-order valence-electron chi connectivity index (χ1n) is 13.9. The van der Waals surface area contributed by atoms with Crippen LogP contribution < -0.4 is 4.90 Å². The van der Waals surface area contributed by atoms with Crippen molar-refractivity contribution in [2.75, 3.05) is 18.0 Å². The molecule has 4 heterocycles. The highest BCUT2D eigenvalue weighted by Crippen LogP contribution is 2.32. The number of nitrogens with zero attached hydrogens (tertiary/aromatic N) is 5. The molecular weight excluding hydrogens is 486 g/mol. The number of benzene rings is 2. The third-order valence-corrected chi connectivity index (χ3v) is 8.34. The topological polar surface area (TPSA) is 61.7 Å². The van der Waals surface area contributed by atoms with Gasteiger partial charge in [0.2, 0.25) is 11.8 Å². The van der Waals surface area contributed by atoms with E-state index in [1.807, 2.05) is 63.2 Å². The van der Waals surface area contributed by atoms with Crippen LogP contribution in [0.4, 0.5) is 5.69 Å². The summed E-state index contributed by atoms with van der Waals surface area (Å²) in [6.07, 6.45) is 8.72. The zero-order chi connectivity index (χ0) is 26.8. The monoisotopic (exact) mass is 521 g/mol. The molecule has 6 rings (SSSR count). The predicted octanol–water partition coefficient (Wildman–Crippen LogP) is 4.85. The largest absolute Gasteiger partial charge is 0.338 e. The molecule has 0 radical (unpaired) electrons. The second kappa shape index (κ2) is 11.0. The summed E-state index contributed by atoms with van der Waals surface area (Å²) in [5.74, 6) is 0.122. The molecule has 7 heteroatoms. The average Bonchev–Trinajstić information content (AvgIpc) is 3.52. The first-order chi connectivity index (χ1) is 19.1. The Balaban J connectivity index is 1.35. The van der Waals surface area contributed by atoms with Crippen LogP contribution in [0.15, 0.2) is 85.3 Å². The van der Waals surface area contributed by atoms with Crippen molar-refractivity contribution in [3.63, 3.8) is 0 Å². The third kappa shape index (κ3) is 5.32. The molecule has 2 aromatic heterocycles. The molecule has 2 amide bonds. The molecule has 0 spiro atoms. The Labute approximate surface area is 229 Å². The smallest absolute Gasteiger partial charge is 0.242 e. The highest BCUT2D eigenvalue weighted by Gasteiger charge is 2.36. The average molecular weight is 522 g/mol. The Morgan fingerprint density at radius 1 is 0.923 bits per heavy atom. The maximum atomic E-state index is 14.0. The summed E-state index contributed by atoms with van der Waals surface area (Å²) in [6.45, 7) is 4.51. The van der Waals surface area contributed by atoms with Crippen LogP contribution >= 0.6 is 0 Å². The maximum Gasteiger partial charge on any atom is 0.242 e. The Bertz CT molecular complexity index is 1470. The Kier molecular flexibility index (Phi) is 7.16. The molecule has 2 unspecified atom stereocenters. The van der Waals surface area contributed by atoms with Gasteiger partial charge >= 0.3 is 0 Å². The summed E-state index contributed by atoms with van der Waals surface area (Å²) >= 11 is 0. The van der Waals surface area contributed by atoms with Gasteiger partial charge in [-0.2, -0.15) is 0 Å². The second-order valence-electron chi connectivity index (χ2n) is 10.8. The van der Waals surface area contributed by atoms with E-state index in [2.05, 4.69) is 40.2 Å². The third-order valence-electron chi connectivity index (χ3n) is 8.34. The van der Waals surface area contributed by atoms with Gasteiger partial charge in [0, 0.05) is 75.0 Å². The molecule has 1 saturated heterocycles. The molecule has 39 heavy (non-hydrogen) atoms. The summed E-state index contributed by atoms with van der Waals surface area (Å²) in [6, 6.07) is 23.0. The van der Waals surface area contributed by atoms with Gasteiger partial charge in [-0.1, -0.05) is 42.5 Å². The minimum atomic E-state index is 0.0340. The van der Waals surface area contributed by atoms with E-state index in [1.165, 1.54) is 5.56 Å². The fourth-order valence-electron chi connectivity index (χ4n) is 6.35. The van der Waals surface area contributed by atoms with Crippen molar-refractivity contribution in [3.05, 3.63) is 96.4 Å². The SMILES string of the molecule is CC(=O)N1CCC2CCC(CN(C(=O)Cn3ccc4ccccc43)Cc3ccccc31)N2Cc1cccnc1. The molecule has 2 atom stereocenters. The van der Waals surface area contributed by atoms with Gasteiger partial charge in [0.05, 0.1) is 0 Å². The number of fused-ring (bicyclic) bond motifs is 4. The number of rotatable bonds is 4. The quantitative estimate of drug-likeness (QED) is 0.385. The van der Waals surface area contributed by atoms with E-state index in [4.69, 9.17) is 0 Å². The van der Waals surface area contributed by atoms with Crippen molar-refractivity contribution in [2.24, 2.45) is 0 Å². The first kappa shape index (κ1) is 25.3. The van der Waals surface area contributed by atoms with E-state index >= 15 is 0 Å². The number of carbonyl (C=O) groups is 2. The summed E-state index contributed by atoms with van der Waals surface area (Å²) in [5.41, 5.74) is 4.15. The van der Waals surface area contributed by atoms with Gasteiger partial charge in [-0.3, -0.25) is 19.5 Å². The lowest BCUT2D eigenvalue weighted by atomic mass is 10.1. The van der Waals surface area contributed by atoms with Crippen LogP contribution in [0.1, 0.15) is 37.3 Å². The molecule has 2 aliphatic heterocycles. The molecule has 200 valence electrons. The van der Waals surface area contributed by atoms with Crippen molar-refractivity contribution in [1.29, 1.82) is 0 Å². The second-order valence-corrected chi connectivity index (χ2v) is 10.8. The van der Waals surface area contributed by atoms with E-state index in [9.17, 15) is 9.59 Å². The minimum Gasteiger partial charge on any atom is -0.338 e. The molecule has 2 bridgehead atoms. The fourth-order valence-corrected chi connectivity index (χ4v) is 6.35. The van der Waals surface area contributed by atoms with Gasteiger partial charge in [0.25, 0.3) is 0 Å². The standard InChI is InChI=1S/C32H35N5O2/c1-24(38)36-18-15-28-12-13-29(37(28)20-25-7-6-16-33-19-25)22-35(21-27-9-3-5-11-31(27)36)32(39)23-34-17-14-26-8-2-4-10-30(26)34/h2-11,14,16-17,19,28-29H,12-13,15,18,20-23H2,1H3. The number of anilines is 1. The lowest BCUT2D eigenvalue weighted by molar-refractivity contribution is -0.133. The molecule has 4 aromatic rings. The highest BCUT2D eigenvalue weighted by molar-refractivity contribution is 5.92. The number of hydrogen-bond acceptors (Lipinski definition) is 4. The molecular formula is C32H35N5O2. The Hall–Kier alpha value is -3.97. The number of para-hydroxylation sites is 2. The van der Waals surface area contributed by atoms with Crippen molar-refractivity contribution in [3.8, 4) is 0 Å². The zero-order valence-corrected chi connectivity index (χ0v) is 22.4. The van der Waals surface area contributed by atoms with Crippen molar-refractivity contribution in [1.82, 2.24) is 19.4 Å². The zero-order valence-electron chi connectivity index (χ0n) is 22.4. The van der Waals surface area contributed by atoms with Crippen LogP contribution in [0.3, 0.4) is 0 Å². The molecule has 2 aromatic carbocycles. The number of amides is 2. The van der Waals surface area contributed by atoms with E-state index in [-0.39, 0.29) is 24.4 Å². The molecule has 0 aliphatic carbocycles. The number of aromatic nitrogens is 2. The normalized spacial score (nSPS) is 20.0. The van der Waals surface area contributed by atoms with Crippen molar-refractivity contribution in [2.45, 2.75) is 57.9 Å². The molecule has 1 fully saturated rings. The highest BCUT2D eigenvalue weighted by atomic mass is 16.2. The fraction of sp³-hybridized carbons (Fsp3) is 0.344.